The van der Waals surface area contributed by atoms with Crippen LogP contribution in [0.15, 0.2) is 91.3 Å². The number of rotatable bonds is 3. The van der Waals surface area contributed by atoms with Crippen LogP contribution < -0.4 is 13.9 Å². The van der Waals surface area contributed by atoms with Crippen molar-refractivity contribution in [3.8, 4) is 28.3 Å². The quantitative estimate of drug-likeness (QED) is 0.295. The van der Waals surface area contributed by atoms with Crippen LogP contribution in [0.2, 0.25) is 0 Å². The minimum absolute atomic E-state index is 0.890. The molecule has 2 aromatic heterocycles. The van der Waals surface area contributed by atoms with Crippen molar-refractivity contribution in [3.63, 3.8) is 0 Å². The van der Waals surface area contributed by atoms with Gasteiger partial charge >= 0.3 is 0 Å². The molecule has 3 aromatic carbocycles. The summed E-state index contributed by atoms with van der Waals surface area (Å²) in [6, 6.07) is 28.7. The molecule has 3 nitrogen and oxygen atoms in total. The number of methoxy groups -OCH3 is 1. The van der Waals surface area contributed by atoms with Crippen LogP contribution >= 0.6 is 0 Å². The molecule has 0 bridgehead atoms. The Morgan fingerprint density at radius 1 is 0.639 bits per heavy atom. The van der Waals surface area contributed by atoms with Crippen molar-refractivity contribution in [2.45, 2.75) is 25.9 Å². The van der Waals surface area contributed by atoms with Crippen molar-refractivity contribution >= 4 is 22.9 Å². The van der Waals surface area contributed by atoms with Crippen LogP contribution in [0.25, 0.3) is 45.4 Å². The SMILES string of the molecule is COc1ccc2cc(C=Cc3cc[n+]4c(c3)-c3c(ccc5c3-c3cccc[n+]3CC5)CC4)ccc2c1. The maximum absolute atomic E-state index is 5.37. The lowest BCUT2D eigenvalue weighted by molar-refractivity contribution is -0.689. The van der Waals surface area contributed by atoms with Gasteiger partial charge < -0.3 is 4.74 Å². The van der Waals surface area contributed by atoms with E-state index in [1.54, 1.807) is 7.11 Å². The Morgan fingerprint density at radius 3 is 2.14 bits per heavy atom. The van der Waals surface area contributed by atoms with E-state index in [0.717, 1.165) is 31.7 Å². The number of hydrogen-bond acceptors (Lipinski definition) is 1. The Balaban J connectivity index is 1.30. The normalized spacial score (nSPS) is 13.7. The van der Waals surface area contributed by atoms with Gasteiger partial charge in [-0.3, -0.25) is 0 Å². The van der Waals surface area contributed by atoms with Gasteiger partial charge in [0.15, 0.2) is 25.5 Å². The Kier molecular flexibility index (Phi) is 4.95. The summed E-state index contributed by atoms with van der Waals surface area (Å²) in [5, 5.41) is 2.41. The summed E-state index contributed by atoms with van der Waals surface area (Å²) in [7, 11) is 1.71. The van der Waals surface area contributed by atoms with E-state index in [-0.39, 0.29) is 0 Å². The number of pyridine rings is 2. The standard InChI is InChI=1S/C33H28N2O/c1-36-29-12-11-27-20-23(7-8-28(27)22-29)5-6-24-13-17-35-19-15-26-10-9-25-14-18-34-16-3-2-4-30(34)32(25)33(26)31(35)21-24/h2-13,16-17,20-22H,14-15,18-19H2,1H3/q+2. The third-order valence-electron chi connectivity index (χ3n) is 7.67. The van der Waals surface area contributed by atoms with E-state index >= 15 is 0 Å². The summed E-state index contributed by atoms with van der Waals surface area (Å²) in [5.41, 5.74) is 10.8. The lowest BCUT2D eigenvalue weighted by Gasteiger charge is -2.22. The first-order valence-corrected chi connectivity index (χ1v) is 12.7. The number of ether oxygens (including phenoxy) is 1. The van der Waals surface area contributed by atoms with Gasteiger partial charge in [0.25, 0.3) is 0 Å². The fourth-order valence-electron chi connectivity index (χ4n) is 5.80. The number of fused-ring (bicyclic) bond motifs is 8. The van der Waals surface area contributed by atoms with E-state index in [9.17, 15) is 0 Å². The highest BCUT2D eigenvalue weighted by atomic mass is 16.5. The Morgan fingerprint density at radius 2 is 1.33 bits per heavy atom. The zero-order valence-electron chi connectivity index (χ0n) is 20.4. The Hall–Kier alpha value is -4.24. The molecule has 0 saturated heterocycles. The molecule has 0 amide bonds. The molecule has 36 heavy (non-hydrogen) atoms. The largest absolute Gasteiger partial charge is 0.497 e. The molecule has 0 N–H and O–H groups in total. The van der Waals surface area contributed by atoms with Crippen LogP contribution in [-0.4, -0.2) is 7.11 Å². The number of benzene rings is 3. The lowest BCUT2D eigenvalue weighted by atomic mass is 9.85. The van der Waals surface area contributed by atoms with Crippen molar-refractivity contribution in [3.05, 3.63) is 114 Å². The number of hydrogen-bond donors (Lipinski definition) is 0. The average Bonchev–Trinajstić information content (AvgIpc) is 2.94. The van der Waals surface area contributed by atoms with Gasteiger partial charge in [0.2, 0.25) is 11.4 Å². The topological polar surface area (TPSA) is 17.0 Å². The van der Waals surface area contributed by atoms with Crippen molar-refractivity contribution in [1.82, 2.24) is 0 Å². The molecule has 0 spiro atoms. The first-order valence-electron chi connectivity index (χ1n) is 12.7. The molecule has 174 valence electrons. The van der Waals surface area contributed by atoms with Gasteiger partial charge in [-0.1, -0.05) is 42.5 Å². The van der Waals surface area contributed by atoms with Crippen LogP contribution in [0.3, 0.4) is 0 Å². The molecule has 0 aliphatic carbocycles. The minimum atomic E-state index is 0.890. The van der Waals surface area contributed by atoms with E-state index < -0.39 is 0 Å². The number of aromatic nitrogens is 2. The van der Waals surface area contributed by atoms with Crippen LogP contribution in [0.4, 0.5) is 0 Å². The molecule has 0 radical (unpaired) electrons. The molecule has 2 aliphatic rings. The molecule has 0 unspecified atom stereocenters. The second kappa shape index (κ2) is 8.46. The van der Waals surface area contributed by atoms with Crippen molar-refractivity contribution < 1.29 is 13.9 Å². The Labute approximate surface area is 211 Å². The molecule has 0 saturated carbocycles. The number of aryl methyl sites for hydroxylation is 4. The lowest BCUT2D eigenvalue weighted by Crippen LogP contribution is -2.43. The minimum Gasteiger partial charge on any atom is -0.497 e. The highest BCUT2D eigenvalue weighted by Gasteiger charge is 2.33. The van der Waals surface area contributed by atoms with Crippen molar-refractivity contribution in [2.24, 2.45) is 0 Å². The summed E-state index contributed by atoms with van der Waals surface area (Å²) in [6.45, 7) is 2.07. The van der Waals surface area contributed by atoms with Gasteiger partial charge in [-0.25, -0.2) is 0 Å². The molecule has 2 aliphatic heterocycles. The van der Waals surface area contributed by atoms with Crippen LogP contribution in [0.1, 0.15) is 22.3 Å². The monoisotopic (exact) mass is 468 g/mol. The summed E-state index contributed by atoms with van der Waals surface area (Å²) >= 11 is 0. The smallest absolute Gasteiger partial charge is 0.214 e. The zero-order chi connectivity index (χ0) is 24.1. The van der Waals surface area contributed by atoms with E-state index in [1.807, 2.05) is 6.07 Å². The van der Waals surface area contributed by atoms with E-state index in [2.05, 4.69) is 106 Å². The zero-order valence-corrected chi connectivity index (χ0v) is 20.4. The third kappa shape index (κ3) is 3.51. The van der Waals surface area contributed by atoms with Crippen molar-refractivity contribution in [1.29, 1.82) is 0 Å². The molecular weight excluding hydrogens is 440 g/mol. The second-order valence-electron chi connectivity index (χ2n) is 9.76. The van der Waals surface area contributed by atoms with Crippen LogP contribution in [-0.2, 0) is 25.9 Å². The van der Waals surface area contributed by atoms with E-state index in [1.165, 1.54) is 55.5 Å². The molecular formula is C33H28N2O+2. The summed E-state index contributed by atoms with van der Waals surface area (Å²) < 4.78 is 10.2. The van der Waals surface area contributed by atoms with Crippen molar-refractivity contribution in [2.75, 3.05) is 7.11 Å². The third-order valence-corrected chi connectivity index (χ3v) is 7.67. The molecule has 4 heterocycles. The van der Waals surface area contributed by atoms with Gasteiger partial charge in [-0.05, 0) is 57.3 Å². The first-order chi connectivity index (χ1) is 17.8. The van der Waals surface area contributed by atoms with Gasteiger partial charge in [-0.2, -0.15) is 9.13 Å². The van der Waals surface area contributed by atoms with Gasteiger partial charge in [0.1, 0.15) is 5.75 Å². The Bertz CT molecular complexity index is 1680. The predicted molar refractivity (Wildman–Crippen MR) is 145 cm³/mol. The summed E-state index contributed by atoms with van der Waals surface area (Å²) in [5.74, 6) is 0.890. The van der Waals surface area contributed by atoms with Gasteiger partial charge in [0, 0.05) is 37.1 Å². The van der Waals surface area contributed by atoms with Gasteiger partial charge in [0.05, 0.1) is 18.2 Å². The molecule has 5 aromatic rings. The maximum Gasteiger partial charge on any atom is 0.214 e. The average molecular weight is 469 g/mol. The fraction of sp³-hybridized carbons (Fsp3) is 0.152. The first kappa shape index (κ1) is 21.1. The second-order valence-corrected chi connectivity index (χ2v) is 9.76. The molecule has 7 rings (SSSR count). The molecule has 3 heteroatoms. The highest BCUT2D eigenvalue weighted by Crippen LogP contribution is 2.39. The van der Waals surface area contributed by atoms with Crippen LogP contribution in [0, 0.1) is 0 Å². The van der Waals surface area contributed by atoms with E-state index in [4.69, 9.17) is 4.74 Å². The van der Waals surface area contributed by atoms with E-state index in [0.29, 0.717) is 0 Å². The highest BCUT2D eigenvalue weighted by molar-refractivity contribution is 5.88. The molecule has 0 atom stereocenters. The predicted octanol–water partition coefficient (Wildman–Crippen LogP) is 6.04. The van der Waals surface area contributed by atoms with Gasteiger partial charge in [-0.15, -0.1) is 0 Å². The summed E-state index contributed by atoms with van der Waals surface area (Å²) in [6.07, 6.45) is 11.1. The fourth-order valence-corrected chi connectivity index (χ4v) is 5.80. The summed E-state index contributed by atoms with van der Waals surface area (Å²) in [4.78, 5) is 0. The molecule has 0 fully saturated rings. The van der Waals surface area contributed by atoms with Crippen LogP contribution in [0.5, 0.6) is 5.75 Å². The maximum atomic E-state index is 5.37. The number of nitrogens with zero attached hydrogens (tertiary/aromatic N) is 2.